The molecule has 0 bridgehead atoms. The molecule has 2 rings (SSSR count). The van der Waals surface area contributed by atoms with Gasteiger partial charge >= 0.3 is 5.97 Å². The molecule has 2 heterocycles. The van der Waals surface area contributed by atoms with E-state index in [1.807, 2.05) is 0 Å². The molecule has 0 radical (unpaired) electrons. The fourth-order valence-electron chi connectivity index (χ4n) is 1.69. The number of aliphatic carboxylic acids is 1. The van der Waals surface area contributed by atoms with Crippen LogP contribution in [0.4, 0.5) is 0 Å². The summed E-state index contributed by atoms with van der Waals surface area (Å²) < 4.78 is 29.8. The minimum absolute atomic E-state index is 0.0698. The van der Waals surface area contributed by atoms with Gasteiger partial charge in [-0.25, -0.2) is 4.79 Å². The van der Waals surface area contributed by atoms with E-state index < -0.39 is 31.2 Å². The monoisotopic (exact) mass is 279 g/mol. The van der Waals surface area contributed by atoms with E-state index in [2.05, 4.69) is 0 Å². The van der Waals surface area contributed by atoms with Crippen LogP contribution in [0.3, 0.4) is 0 Å². The van der Waals surface area contributed by atoms with Gasteiger partial charge in [0.1, 0.15) is 5.70 Å². The van der Waals surface area contributed by atoms with Crippen molar-refractivity contribution in [3.8, 4) is 0 Å². The van der Waals surface area contributed by atoms with Crippen molar-refractivity contribution in [2.45, 2.75) is 22.8 Å². The van der Waals surface area contributed by atoms with Crippen LogP contribution in [-0.4, -0.2) is 44.3 Å². The summed E-state index contributed by atoms with van der Waals surface area (Å²) in [5.74, 6) is -1.76. The molecule has 1 amide bonds. The summed E-state index contributed by atoms with van der Waals surface area (Å²) >= 11 is 0.843. The van der Waals surface area contributed by atoms with Crippen molar-refractivity contribution in [2.24, 2.45) is 0 Å². The molecule has 0 aliphatic carbocycles. The third-order valence-corrected chi connectivity index (χ3v) is 5.96. The Labute approximate surface area is 101 Å². The molecule has 1 unspecified atom stereocenters. The lowest BCUT2D eigenvalue weighted by Crippen LogP contribution is -2.56. The molecule has 7 nitrogen and oxygen atoms in total. The van der Waals surface area contributed by atoms with Crippen molar-refractivity contribution in [3.63, 3.8) is 0 Å². The van der Waals surface area contributed by atoms with Gasteiger partial charge in [-0.2, -0.15) is 8.42 Å². The van der Waals surface area contributed by atoms with E-state index in [4.69, 9.17) is 9.66 Å². The van der Waals surface area contributed by atoms with E-state index in [0.717, 1.165) is 22.7 Å². The topological polar surface area (TPSA) is 112 Å². The Kier molecular flexibility index (Phi) is 2.53. The quantitative estimate of drug-likeness (QED) is 0.534. The number of rotatable bonds is 2. The second-order valence-electron chi connectivity index (χ2n) is 3.87. The van der Waals surface area contributed by atoms with Crippen molar-refractivity contribution in [1.29, 1.82) is 0 Å². The molecule has 17 heavy (non-hydrogen) atoms. The Bertz CT molecular complexity index is 538. The lowest BCUT2D eigenvalue weighted by molar-refractivity contribution is -0.146. The SMILES string of the molecule is CC1(S(=O)(=O)O)C=C(C(=O)O)N2C(=O)C[C@H]2S1. The van der Waals surface area contributed by atoms with E-state index in [-0.39, 0.29) is 12.3 Å². The Hall–Kier alpha value is -1.06. The molecular weight excluding hydrogens is 270 g/mol. The van der Waals surface area contributed by atoms with Crippen LogP contribution in [-0.2, 0) is 19.7 Å². The van der Waals surface area contributed by atoms with E-state index in [1.165, 1.54) is 6.92 Å². The van der Waals surface area contributed by atoms with Crippen LogP contribution in [0.25, 0.3) is 0 Å². The molecule has 2 N–H and O–H groups in total. The summed E-state index contributed by atoms with van der Waals surface area (Å²) in [5, 5.41) is 8.38. The molecular formula is C8H9NO6S2. The third-order valence-electron chi connectivity index (χ3n) is 2.67. The Morgan fingerprint density at radius 3 is 2.65 bits per heavy atom. The number of amides is 1. The number of carboxylic acids is 1. The lowest BCUT2D eigenvalue weighted by atomic mass is 10.1. The molecule has 0 aromatic rings. The van der Waals surface area contributed by atoms with E-state index in [9.17, 15) is 18.0 Å². The lowest BCUT2D eigenvalue weighted by Gasteiger charge is -2.46. The number of carbonyl (C=O) groups excluding carboxylic acids is 1. The van der Waals surface area contributed by atoms with Gasteiger partial charge in [0.25, 0.3) is 10.1 Å². The van der Waals surface area contributed by atoms with Gasteiger partial charge in [0.05, 0.1) is 11.8 Å². The maximum atomic E-state index is 11.2. The predicted octanol–water partition coefficient (Wildman–Crippen LogP) is -0.136. The summed E-state index contributed by atoms with van der Waals surface area (Å²) in [6, 6.07) is 0. The second-order valence-corrected chi connectivity index (χ2v) is 7.55. The first-order chi connectivity index (χ1) is 7.66. The number of thioether (sulfide) groups is 1. The average molecular weight is 279 g/mol. The highest BCUT2D eigenvalue weighted by Crippen LogP contribution is 2.48. The van der Waals surface area contributed by atoms with Gasteiger partial charge in [-0.3, -0.25) is 14.2 Å². The number of hydrogen-bond acceptors (Lipinski definition) is 5. The van der Waals surface area contributed by atoms with E-state index >= 15 is 0 Å². The van der Waals surface area contributed by atoms with Gasteiger partial charge in [0.15, 0.2) is 4.08 Å². The molecule has 0 aromatic heterocycles. The normalized spacial score (nSPS) is 32.6. The highest BCUT2D eigenvalue weighted by atomic mass is 32.3. The molecule has 1 saturated heterocycles. The van der Waals surface area contributed by atoms with Gasteiger partial charge < -0.3 is 5.11 Å². The van der Waals surface area contributed by atoms with E-state index in [1.54, 1.807) is 0 Å². The smallest absolute Gasteiger partial charge is 0.352 e. The first kappa shape index (κ1) is 12.4. The van der Waals surface area contributed by atoms with Gasteiger partial charge in [-0.1, -0.05) is 0 Å². The highest BCUT2D eigenvalue weighted by molar-refractivity contribution is 8.13. The van der Waals surface area contributed by atoms with Crippen molar-refractivity contribution in [2.75, 3.05) is 0 Å². The minimum atomic E-state index is -4.45. The molecule has 2 atom stereocenters. The van der Waals surface area contributed by atoms with Crippen LogP contribution in [0, 0.1) is 0 Å². The third kappa shape index (κ3) is 1.74. The van der Waals surface area contributed by atoms with Gasteiger partial charge in [0.2, 0.25) is 5.91 Å². The van der Waals surface area contributed by atoms with Crippen LogP contribution < -0.4 is 0 Å². The Morgan fingerprint density at radius 1 is 1.65 bits per heavy atom. The zero-order valence-electron chi connectivity index (χ0n) is 8.65. The zero-order valence-corrected chi connectivity index (χ0v) is 10.3. The van der Waals surface area contributed by atoms with Crippen LogP contribution >= 0.6 is 11.8 Å². The molecule has 0 spiro atoms. The Balaban J connectivity index is 2.52. The molecule has 2 aliphatic heterocycles. The number of carboxylic acid groups (broad SMARTS) is 1. The van der Waals surface area contributed by atoms with Crippen molar-refractivity contribution in [1.82, 2.24) is 4.90 Å². The molecule has 2 aliphatic rings. The summed E-state index contributed by atoms with van der Waals surface area (Å²) in [4.78, 5) is 23.2. The minimum Gasteiger partial charge on any atom is -0.477 e. The van der Waals surface area contributed by atoms with Gasteiger partial charge in [0, 0.05) is 0 Å². The molecule has 9 heteroatoms. The number of nitrogens with zero attached hydrogens (tertiary/aromatic N) is 1. The summed E-state index contributed by atoms with van der Waals surface area (Å²) in [6.45, 7) is 1.20. The maximum absolute atomic E-state index is 11.2. The molecule has 0 aromatic carbocycles. The molecule has 0 saturated carbocycles. The number of fused-ring (bicyclic) bond motifs is 1. The van der Waals surface area contributed by atoms with Crippen molar-refractivity contribution < 1.29 is 27.7 Å². The first-order valence-corrected chi connectivity index (χ1v) is 6.91. The van der Waals surface area contributed by atoms with Crippen LogP contribution in [0.15, 0.2) is 11.8 Å². The van der Waals surface area contributed by atoms with Crippen LogP contribution in [0.2, 0.25) is 0 Å². The molecule has 94 valence electrons. The fraction of sp³-hybridized carbons (Fsp3) is 0.500. The summed E-state index contributed by atoms with van der Waals surface area (Å²) in [7, 11) is -4.45. The largest absolute Gasteiger partial charge is 0.477 e. The average Bonchev–Trinajstić information content (AvgIpc) is 2.13. The van der Waals surface area contributed by atoms with Crippen LogP contribution in [0.1, 0.15) is 13.3 Å². The number of β-lactam (4-membered cyclic amide) rings is 1. The maximum Gasteiger partial charge on any atom is 0.352 e. The summed E-state index contributed by atoms with van der Waals surface area (Å²) in [5.41, 5.74) is -0.398. The van der Waals surface area contributed by atoms with Crippen LogP contribution in [0.5, 0.6) is 0 Å². The van der Waals surface area contributed by atoms with Gasteiger partial charge in [-0.15, -0.1) is 11.8 Å². The zero-order chi connectivity index (χ0) is 13.0. The first-order valence-electron chi connectivity index (χ1n) is 4.59. The number of hydrogen-bond donors (Lipinski definition) is 2. The second kappa shape index (κ2) is 3.47. The standard InChI is InChI=1S/C8H9NO6S2/c1-8(17(13,14)15)3-4(7(11)12)9-5(10)2-6(9)16-8/h3,6H,2H2,1H3,(H,11,12)(H,13,14,15)/t6-,8?/m1/s1. The van der Waals surface area contributed by atoms with Crippen molar-refractivity contribution in [3.05, 3.63) is 11.8 Å². The predicted molar refractivity (Wildman–Crippen MR) is 58.5 cm³/mol. The number of carbonyl (C=O) groups is 2. The van der Waals surface area contributed by atoms with Gasteiger partial charge in [-0.05, 0) is 13.0 Å². The summed E-state index contributed by atoms with van der Waals surface area (Å²) in [6.07, 6.45) is 0.962. The van der Waals surface area contributed by atoms with Crippen molar-refractivity contribution >= 4 is 33.8 Å². The fourth-order valence-corrected chi connectivity index (χ4v) is 4.06. The van der Waals surface area contributed by atoms with E-state index in [0.29, 0.717) is 0 Å². The highest BCUT2D eigenvalue weighted by Gasteiger charge is 2.53. The molecule has 1 fully saturated rings. The Morgan fingerprint density at radius 2 is 2.24 bits per heavy atom.